The maximum absolute atomic E-state index is 12.2. The first-order chi connectivity index (χ1) is 10.8. The van der Waals surface area contributed by atoms with Crippen LogP contribution in [0.4, 0.5) is 0 Å². The zero-order chi connectivity index (χ0) is 15.2. The van der Waals surface area contributed by atoms with Gasteiger partial charge in [0.25, 0.3) is 0 Å². The van der Waals surface area contributed by atoms with Crippen molar-refractivity contribution in [2.45, 2.75) is 13.2 Å². The molecule has 0 atom stereocenters. The number of rotatable bonds is 5. The number of esters is 1. The van der Waals surface area contributed by atoms with Gasteiger partial charge in [-0.2, -0.15) is 0 Å². The van der Waals surface area contributed by atoms with Gasteiger partial charge >= 0.3 is 5.97 Å². The zero-order valence-electron chi connectivity index (χ0n) is 12.1. The lowest BCUT2D eigenvalue weighted by Crippen LogP contribution is -2.12. The maximum atomic E-state index is 12.2. The normalized spacial score (nSPS) is 10.4. The molecular formula is C18H16N2O2. The number of carbonyl (C=O) groups is 1. The molecule has 3 rings (SSSR count). The Bertz CT molecular complexity index is 736. The van der Waals surface area contributed by atoms with E-state index >= 15 is 0 Å². The van der Waals surface area contributed by atoms with Crippen LogP contribution in [0.15, 0.2) is 73.2 Å². The van der Waals surface area contributed by atoms with Crippen LogP contribution >= 0.6 is 0 Å². The van der Waals surface area contributed by atoms with Gasteiger partial charge in [-0.15, -0.1) is 0 Å². The SMILES string of the molecule is O=C(OCc1ccccc1)c1cncn1Cc1ccccc1. The summed E-state index contributed by atoms with van der Waals surface area (Å²) in [6.07, 6.45) is 3.18. The molecule has 110 valence electrons. The molecule has 4 heteroatoms. The molecule has 0 aliphatic carbocycles. The van der Waals surface area contributed by atoms with Crippen molar-refractivity contribution in [1.82, 2.24) is 9.55 Å². The summed E-state index contributed by atoms with van der Waals surface area (Å²) in [4.78, 5) is 16.3. The summed E-state index contributed by atoms with van der Waals surface area (Å²) in [5.74, 6) is -0.364. The van der Waals surface area contributed by atoms with E-state index in [-0.39, 0.29) is 12.6 Å². The van der Waals surface area contributed by atoms with Gasteiger partial charge in [0.15, 0.2) is 0 Å². The second kappa shape index (κ2) is 6.72. The molecule has 3 aromatic rings. The molecule has 2 aromatic carbocycles. The van der Waals surface area contributed by atoms with Gasteiger partial charge in [0.05, 0.1) is 12.5 Å². The van der Waals surface area contributed by atoms with Crippen LogP contribution in [0.1, 0.15) is 21.6 Å². The number of hydrogen-bond acceptors (Lipinski definition) is 3. The fraction of sp³-hybridized carbons (Fsp3) is 0.111. The predicted molar refractivity (Wildman–Crippen MR) is 83.3 cm³/mol. The molecule has 22 heavy (non-hydrogen) atoms. The summed E-state index contributed by atoms with van der Waals surface area (Å²) >= 11 is 0. The van der Waals surface area contributed by atoms with Crippen LogP contribution in [0.2, 0.25) is 0 Å². The molecule has 1 aromatic heterocycles. The molecule has 0 saturated heterocycles. The quantitative estimate of drug-likeness (QED) is 0.678. The van der Waals surface area contributed by atoms with Crippen molar-refractivity contribution in [3.05, 3.63) is 90.0 Å². The third-order valence-electron chi connectivity index (χ3n) is 3.33. The topological polar surface area (TPSA) is 44.1 Å². The smallest absolute Gasteiger partial charge is 0.356 e. The van der Waals surface area contributed by atoms with Gasteiger partial charge in [-0.3, -0.25) is 0 Å². The predicted octanol–water partition coefficient (Wildman–Crippen LogP) is 3.29. The van der Waals surface area contributed by atoms with Crippen LogP contribution in [-0.2, 0) is 17.9 Å². The second-order valence-electron chi connectivity index (χ2n) is 4.95. The van der Waals surface area contributed by atoms with Gasteiger partial charge in [0.1, 0.15) is 12.3 Å². The molecular weight excluding hydrogens is 276 g/mol. The molecule has 0 amide bonds. The fourth-order valence-electron chi connectivity index (χ4n) is 2.19. The largest absolute Gasteiger partial charge is 0.456 e. The molecule has 4 nitrogen and oxygen atoms in total. The van der Waals surface area contributed by atoms with Crippen molar-refractivity contribution in [2.24, 2.45) is 0 Å². The number of benzene rings is 2. The van der Waals surface area contributed by atoms with Crippen LogP contribution < -0.4 is 0 Å². The molecule has 1 heterocycles. The van der Waals surface area contributed by atoms with E-state index in [9.17, 15) is 4.79 Å². The minimum Gasteiger partial charge on any atom is -0.456 e. The Morgan fingerprint density at radius 2 is 1.59 bits per heavy atom. The Kier molecular flexibility index (Phi) is 4.30. The molecule has 0 spiro atoms. The average molecular weight is 292 g/mol. The highest BCUT2D eigenvalue weighted by atomic mass is 16.5. The first-order valence-electron chi connectivity index (χ1n) is 7.08. The molecule has 0 unspecified atom stereocenters. The highest BCUT2D eigenvalue weighted by Crippen LogP contribution is 2.09. The molecule has 0 radical (unpaired) electrons. The van der Waals surface area contributed by atoms with Crippen molar-refractivity contribution in [1.29, 1.82) is 0 Å². The van der Waals surface area contributed by atoms with Crippen molar-refractivity contribution in [3.8, 4) is 0 Å². The van der Waals surface area contributed by atoms with E-state index in [4.69, 9.17) is 4.74 Å². The first kappa shape index (κ1) is 14.1. The average Bonchev–Trinajstić information content (AvgIpc) is 3.03. The standard InChI is InChI=1S/C18H16N2O2/c21-18(22-13-16-9-5-2-6-10-16)17-11-19-14-20(17)12-15-7-3-1-4-8-15/h1-11,14H,12-13H2. The number of hydrogen-bond donors (Lipinski definition) is 0. The molecule has 0 aliphatic heterocycles. The second-order valence-corrected chi connectivity index (χ2v) is 4.95. The minimum atomic E-state index is -0.364. The van der Waals surface area contributed by atoms with Gasteiger partial charge in [-0.25, -0.2) is 9.78 Å². The maximum Gasteiger partial charge on any atom is 0.356 e. The Hall–Kier alpha value is -2.88. The lowest BCUT2D eigenvalue weighted by Gasteiger charge is -2.08. The number of carbonyl (C=O) groups excluding carboxylic acids is 1. The molecule has 0 saturated carbocycles. The van der Waals surface area contributed by atoms with E-state index in [1.807, 2.05) is 60.7 Å². The van der Waals surface area contributed by atoms with Crippen molar-refractivity contribution >= 4 is 5.97 Å². The van der Waals surface area contributed by atoms with Gasteiger partial charge < -0.3 is 9.30 Å². The third kappa shape index (κ3) is 3.41. The van der Waals surface area contributed by atoms with Gasteiger partial charge in [-0.05, 0) is 11.1 Å². The van der Waals surface area contributed by atoms with Crippen LogP contribution in [0.3, 0.4) is 0 Å². The van der Waals surface area contributed by atoms with Crippen LogP contribution in [0, 0.1) is 0 Å². The number of nitrogens with zero attached hydrogens (tertiary/aromatic N) is 2. The van der Waals surface area contributed by atoms with Crippen molar-refractivity contribution in [3.63, 3.8) is 0 Å². The summed E-state index contributed by atoms with van der Waals surface area (Å²) in [6, 6.07) is 19.6. The van der Waals surface area contributed by atoms with E-state index < -0.39 is 0 Å². The van der Waals surface area contributed by atoms with Gasteiger partial charge in [-0.1, -0.05) is 60.7 Å². The third-order valence-corrected chi connectivity index (χ3v) is 3.33. The van der Waals surface area contributed by atoms with Crippen molar-refractivity contribution in [2.75, 3.05) is 0 Å². The molecule has 0 fully saturated rings. The zero-order valence-corrected chi connectivity index (χ0v) is 12.1. The van der Waals surface area contributed by atoms with E-state index in [0.717, 1.165) is 11.1 Å². The highest BCUT2D eigenvalue weighted by molar-refractivity contribution is 5.87. The summed E-state index contributed by atoms with van der Waals surface area (Å²) in [6.45, 7) is 0.854. The highest BCUT2D eigenvalue weighted by Gasteiger charge is 2.13. The van der Waals surface area contributed by atoms with Crippen LogP contribution in [-0.4, -0.2) is 15.5 Å². The fourth-order valence-corrected chi connectivity index (χ4v) is 2.19. The van der Waals surface area contributed by atoms with Gasteiger partial charge in [0.2, 0.25) is 0 Å². The van der Waals surface area contributed by atoms with E-state index in [0.29, 0.717) is 12.2 Å². The Labute approximate surface area is 129 Å². The summed E-state index contributed by atoms with van der Waals surface area (Å²) in [7, 11) is 0. The van der Waals surface area contributed by atoms with Crippen molar-refractivity contribution < 1.29 is 9.53 Å². The van der Waals surface area contributed by atoms with Gasteiger partial charge in [0, 0.05) is 6.54 Å². The summed E-state index contributed by atoms with van der Waals surface area (Å²) in [5.41, 5.74) is 2.53. The lowest BCUT2D eigenvalue weighted by molar-refractivity contribution is 0.0460. The van der Waals surface area contributed by atoms with E-state index in [1.54, 1.807) is 10.9 Å². The van der Waals surface area contributed by atoms with E-state index in [2.05, 4.69) is 4.98 Å². The lowest BCUT2D eigenvalue weighted by atomic mass is 10.2. The first-order valence-corrected chi connectivity index (χ1v) is 7.08. The summed E-state index contributed by atoms with van der Waals surface area (Å²) < 4.78 is 7.15. The minimum absolute atomic E-state index is 0.260. The number of imidazole rings is 1. The van der Waals surface area contributed by atoms with Crippen LogP contribution in [0.5, 0.6) is 0 Å². The number of aromatic nitrogens is 2. The Balaban J connectivity index is 1.67. The number of ether oxygens (including phenoxy) is 1. The molecule has 0 N–H and O–H groups in total. The molecule has 0 aliphatic rings. The Morgan fingerprint density at radius 1 is 0.955 bits per heavy atom. The van der Waals surface area contributed by atoms with Crippen LogP contribution in [0.25, 0.3) is 0 Å². The molecule has 0 bridgehead atoms. The Morgan fingerprint density at radius 3 is 2.27 bits per heavy atom. The monoisotopic (exact) mass is 292 g/mol. The summed E-state index contributed by atoms with van der Waals surface area (Å²) in [5, 5.41) is 0. The van der Waals surface area contributed by atoms with E-state index in [1.165, 1.54) is 6.20 Å².